The highest BCUT2D eigenvalue weighted by molar-refractivity contribution is 5.94. The molecule has 1 atom stereocenters. The Balaban J connectivity index is 1.77. The number of para-hydroxylation sites is 1. The summed E-state index contributed by atoms with van der Waals surface area (Å²) in [6.07, 6.45) is 2.38. The number of H-pyrrole nitrogens is 1. The zero-order chi connectivity index (χ0) is 18.0. The summed E-state index contributed by atoms with van der Waals surface area (Å²) in [5.41, 5.74) is -0.204. The third-order valence-corrected chi connectivity index (χ3v) is 4.91. The number of benzene rings is 1. The molecule has 0 bridgehead atoms. The number of nitrogens with one attached hydrogen (secondary N) is 2. The zero-order valence-electron chi connectivity index (χ0n) is 14.6. The fourth-order valence-corrected chi connectivity index (χ4v) is 3.51. The van der Waals surface area contributed by atoms with Crippen molar-refractivity contribution in [3.63, 3.8) is 0 Å². The summed E-state index contributed by atoms with van der Waals surface area (Å²) >= 11 is 0. The first-order valence-electron chi connectivity index (χ1n) is 8.81. The van der Waals surface area contributed by atoms with Gasteiger partial charge in [0, 0.05) is 24.0 Å². The number of carbonyl (C=O) groups excluding carboxylic acids is 1. The second-order valence-electron chi connectivity index (χ2n) is 6.97. The number of carbonyl (C=O) groups is 1. The number of hydrogen-bond acceptors (Lipinski definition) is 3. The lowest BCUT2D eigenvalue weighted by Crippen LogP contribution is -2.45. The molecule has 2 N–H and O–H groups in total. The lowest BCUT2D eigenvalue weighted by molar-refractivity contribution is 0.0922. The minimum Gasteiger partial charge on any atom is -0.349 e. The first kappa shape index (κ1) is 17.6. The summed E-state index contributed by atoms with van der Waals surface area (Å²) in [5, 5.41) is 3.14. The maximum atomic E-state index is 13.9. The summed E-state index contributed by atoms with van der Waals surface area (Å²) in [6.45, 7) is 6.89. The van der Waals surface area contributed by atoms with Gasteiger partial charge in [-0.05, 0) is 44.0 Å². The molecule has 0 radical (unpaired) electrons. The Morgan fingerprint density at radius 2 is 2.04 bits per heavy atom. The highest BCUT2D eigenvalue weighted by Crippen LogP contribution is 2.17. The van der Waals surface area contributed by atoms with Gasteiger partial charge in [-0.1, -0.05) is 19.9 Å². The highest BCUT2D eigenvalue weighted by atomic mass is 19.1. The second kappa shape index (κ2) is 7.35. The average Bonchev–Trinajstić information content (AvgIpc) is 3.09. The van der Waals surface area contributed by atoms with E-state index in [1.165, 1.54) is 31.0 Å². The fourth-order valence-electron chi connectivity index (χ4n) is 3.51. The number of pyridine rings is 1. The minimum atomic E-state index is -0.540. The van der Waals surface area contributed by atoms with Crippen LogP contribution in [-0.2, 0) is 0 Å². The van der Waals surface area contributed by atoms with Gasteiger partial charge in [-0.2, -0.15) is 0 Å². The number of nitrogens with zero attached hydrogens (tertiary/aromatic N) is 1. The molecule has 2 aromatic rings. The predicted octanol–water partition coefficient (Wildman–Crippen LogP) is 2.52. The molecule has 5 nitrogen and oxygen atoms in total. The van der Waals surface area contributed by atoms with Gasteiger partial charge in [0.1, 0.15) is 11.5 Å². The number of halogens is 1. The summed E-state index contributed by atoms with van der Waals surface area (Å²) < 4.78 is 13.9. The highest BCUT2D eigenvalue weighted by Gasteiger charge is 2.25. The Kier molecular flexibility index (Phi) is 5.18. The molecule has 6 heteroatoms. The van der Waals surface area contributed by atoms with E-state index in [-0.39, 0.29) is 34.0 Å². The smallest absolute Gasteiger partial charge is 0.267 e. The molecule has 2 heterocycles. The largest absolute Gasteiger partial charge is 0.349 e. The molecule has 134 valence electrons. The molecule has 1 fully saturated rings. The van der Waals surface area contributed by atoms with Crippen molar-refractivity contribution in [3.8, 4) is 0 Å². The Hall–Kier alpha value is -2.21. The van der Waals surface area contributed by atoms with Crippen molar-refractivity contribution < 1.29 is 9.18 Å². The van der Waals surface area contributed by atoms with Gasteiger partial charge in [-0.15, -0.1) is 0 Å². The van der Waals surface area contributed by atoms with Crippen molar-refractivity contribution in [3.05, 3.63) is 46.0 Å². The molecule has 1 aromatic heterocycles. The van der Waals surface area contributed by atoms with Crippen molar-refractivity contribution >= 4 is 16.8 Å². The number of likely N-dealkylation sites (tertiary alicyclic amines) is 1. The lowest BCUT2D eigenvalue weighted by atomic mass is 10.0. The van der Waals surface area contributed by atoms with Gasteiger partial charge in [-0.3, -0.25) is 14.5 Å². The van der Waals surface area contributed by atoms with E-state index in [1.807, 2.05) is 0 Å². The number of aromatic nitrogens is 1. The first-order chi connectivity index (χ1) is 12.0. The van der Waals surface area contributed by atoms with Crippen molar-refractivity contribution in [1.82, 2.24) is 15.2 Å². The molecule has 1 unspecified atom stereocenters. The van der Waals surface area contributed by atoms with Crippen LogP contribution in [-0.4, -0.2) is 41.5 Å². The Morgan fingerprint density at radius 1 is 1.32 bits per heavy atom. The third kappa shape index (κ3) is 3.74. The van der Waals surface area contributed by atoms with Gasteiger partial charge in [0.15, 0.2) is 5.43 Å². The molecule has 1 saturated heterocycles. The van der Waals surface area contributed by atoms with Gasteiger partial charge < -0.3 is 10.3 Å². The van der Waals surface area contributed by atoms with Crippen LogP contribution < -0.4 is 10.7 Å². The summed E-state index contributed by atoms with van der Waals surface area (Å²) in [5.74, 6) is -0.514. The van der Waals surface area contributed by atoms with Gasteiger partial charge in [0.2, 0.25) is 0 Å². The Morgan fingerprint density at radius 3 is 2.72 bits per heavy atom. The standard InChI is InChI=1S/C19H24FN3O2/c1-12(2)16(23-8-3-4-9-23)11-21-19(25)15-10-17(24)13-6-5-7-14(20)18(13)22-15/h5-7,10,12,16H,3-4,8-9,11H2,1-2H3,(H,21,25)(H,22,24). The van der Waals surface area contributed by atoms with E-state index < -0.39 is 5.82 Å². The van der Waals surface area contributed by atoms with E-state index in [1.54, 1.807) is 6.07 Å². The van der Waals surface area contributed by atoms with E-state index in [9.17, 15) is 14.0 Å². The SMILES string of the molecule is CC(C)C(CNC(=O)c1cc(=O)c2cccc(F)c2[nH]1)N1CCCC1. The summed E-state index contributed by atoms with van der Waals surface area (Å²) in [4.78, 5) is 29.8. The van der Waals surface area contributed by atoms with Gasteiger partial charge in [-0.25, -0.2) is 4.39 Å². The normalized spacial score (nSPS) is 16.5. The molecule has 3 rings (SSSR count). The number of aromatic amines is 1. The first-order valence-corrected chi connectivity index (χ1v) is 8.81. The summed E-state index contributed by atoms with van der Waals surface area (Å²) in [7, 11) is 0. The van der Waals surface area contributed by atoms with Crippen LogP contribution in [0.2, 0.25) is 0 Å². The third-order valence-electron chi connectivity index (χ3n) is 4.91. The van der Waals surface area contributed by atoms with Crippen LogP contribution in [0.5, 0.6) is 0 Å². The zero-order valence-corrected chi connectivity index (χ0v) is 14.6. The van der Waals surface area contributed by atoms with Gasteiger partial charge in [0.25, 0.3) is 5.91 Å². The molecule has 1 aliphatic heterocycles. The van der Waals surface area contributed by atoms with Crippen LogP contribution in [0.15, 0.2) is 29.1 Å². The molecule has 1 amide bonds. The lowest BCUT2D eigenvalue weighted by Gasteiger charge is -2.31. The van der Waals surface area contributed by atoms with Gasteiger partial charge in [0.05, 0.1) is 5.52 Å². The summed E-state index contributed by atoms with van der Waals surface area (Å²) in [6, 6.07) is 5.78. The quantitative estimate of drug-likeness (QED) is 0.875. The maximum absolute atomic E-state index is 13.9. The molecule has 25 heavy (non-hydrogen) atoms. The molecule has 0 aliphatic carbocycles. The average molecular weight is 345 g/mol. The topological polar surface area (TPSA) is 65.2 Å². The number of amides is 1. The fraction of sp³-hybridized carbons (Fsp3) is 0.474. The van der Waals surface area contributed by atoms with Crippen molar-refractivity contribution in [2.75, 3.05) is 19.6 Å². The number of hydrogen-bond donors (Lipinski definition) is 2. The van der Waals surface area contributed by atoms with Crippen LogP contribution in [0, 0.1) is 11.7 Å². The molecule has 0 saturated carbocycles. The van der Waals surface area contributed by atoms with E-state index in [0.29, 0.717) is 12.5 Å². The van der Waals surface area contributed by atoms with Crippen molar-refractivity contribution in [2.45, 2.75) is 32.7 Å². The molecular weight excluding hydrogens is 321 g/mol. The van der Waals surface area contributed by atoms with Crippen molar-refractivity contribution in [2.24, 2.45) is 5.92 Å². The van der Waals surface area contributed by atoms with Crippen LogP contribution in [0.1, 0.15) is 37.2 Å². The molecule has 0 spiro atoms. The van der Waals surface area contributed by atoms with Crippen molar-refractivity contribution in [1.29, 1.82) is 0 Å². The molecule has 1 aromatic carbocycles. The van der Waals surface area contributed by atoms with E-state index in [2.05, 4.69) is 29.0 Å². The van der Waals surface area contributed by atoms with E-state index >= 15 is 0 Å². The number of fused-ring (bicyclic) bond motifs is 1. The van der Waals surface area contributed by atoms with Crippen LogP contribution in [0.25, 0.3) is 10.9 Å². The van der Waals surface area contributed by atoms with Crippen LogP contribution >= 0.6 is 0 Å². The minimum absolute atomic E-state index is 0.0695. The van der Waals surface area contributed by atoms with Gasteiger partial charge >= 0.3 is 0 Å². The molecular formula is C19H24FN3O2. The molecule has 1 aliphatic rings. The monoisotopic (exact) mass is 345 g/mol. The van der Waals surface area contributed by atoms with E-state index in [4.69, 9.17) is 0 Å². The van der Waals surface area contributed by atoms with Crippen LogP contribution in [0.4, 0.5) is 4.39 Å². The Labute approximate surface area is 146 Å². The maximum Gasteiger partial charge on any atom is 0.267 e. The second-order valence-corrected chi connectivity index (χ2v) is 6.97. The Bertz CT molecular complexity index is 825. The predicted molar refractivity (Wildman–Crippen MR) is 96.3 cm³/mol. The number of rotatable bonds is 5. The van der Waals surface area contributed by atoms with Crippen LogP contribution in [0.3, 0.4) is 0 Å². The van der Waals surface area contributed by atoms with E-state index in [0.717, 1.165) is 13.1 Å².